The van der Waals surface area contributed by atoms with Gasteiger partial charge in [0.25, 0.3) is 11.8 Å². The van der Waals surface area contributed by atoms with Crippen LogP contribution in [0.2, 0.25) is 0 Å². The number of rotatable bonds is 5. The summed E-state index contributed by atoms with van der Waals surface area (Å²) >= 11 is 3.51. The number of hydrogen-bond acceptors (Lipinski definition) is 4. The summed E-state index contributed by atoms with van der Waals surface area (Å²) in [6.07, 6.45) is 4.07. The van der Waals surface area contributed by atoms with Gasteiger partial charge in [0.2, 0.25) is 0 Å². The topological polar surface area (TPSA) is 69.6 Å². The molecule has 1 aliphatic heterocycles. The van der Waals surface area contributed by atoms with Crippen molar-refractivity contribution >= 4 is 33.4 Å². The Kier molecular flexibility index (Phi) is 5.85. The Morgan fingerprint density at radius 1 is 1.09 bits per heavy atom. The zero-order chi connectivity index (χ0) is 24.7. The van der Waals surface area contributed by atoms with Crippen LogP contribution in [0.25, 0.3) is 0 Å². The third-order valence-corrected chi connectivity index (χ3v) is 7.58. The molecule has 176 valence electrons. The predicted molar refractivity (Wildman–Crippen MR) is 140 cm³/mol. The number of carbonyl (C=O) groups is 2. The number of amides is 2. The second kappa shape index (κ2) is 8.86. The zero-order valence-corrected chi connectivity index (χ0v) is 20.8. The van der Waals surface area contributed by atoms with Gasteiger partial charge in [0, 0.05) is 16.0 Å². The van der Waals surface area contributed by atoms with Gasteiger partial charge >= 0.3 is 0 Å². The first-order valence-electron chi connectivity index (χ1n) is 11.5. The average Bonchev–Trinajstić information content (AvgIpc) is 3.09. The van der Waals surface area contributed by atoms with Crippen molar-refractivity contribution in [3.8, 4) is 5.75 Å². The summed E-state index contributed by atoms with van der Waals surface area (Å²) in [5.41, 5.74) is 5.63. The number of halogens is 1. The van der Waals surface area contributed by atoms with Gasteiger partial charge in [-0.1, -0.05) is 82.7 Å². The highest BCUT2D eigenvalue weighted by Gasteiger charge is 2.66. The van der Waals surface area contributed by atoms with Crippen molar-refractivity contribution in [2.75, 3.05) is 5.43 Å². The van der Waals surface area contributed by atoms with Crippen LogP contribution in [0.1, 0.15) is 29.0 Å². The van der Waals surface area contributed by atoms with Crippen molar-refractivity contribution < 1.29 is 14.7 Å². The van der Waals surface area contributed by atoms with Gasteiger partial charge in [-0.2, -0.15) is 5.01 Å². The van der Waals surface area contributed by atoms with E-state index in [1.165, 1.54) is 0 Å². The summed E-state index contributed by atoms with van der Waals surface area (Å²) in [6.45, 7) is 5.98. The first-order valence-corrected chi connectivity index (χ1v) is 12.3. The molecule has 0 saturated carbocycles. The molecule has 0 aromatic heterocycles. The molecule has 0 unspecified atom stereocenters. The number of allylic oxidation sites excluding steroid dienone is 3. The van der Waals surface area contributed by atoms with E-state index in [-0.39, 0.29) is 17.6 Å². The molecule has 2 N–H and O–H groups in total. The van der Waals surface area contributed by atoms with E-state index in [2.05, 4.69) is 27.9 Å². The number of phenols is 1. The van der Waals surface area contributed by atoms with Crippen molar-refractivity contribution in [3.63, 3.8) is 0 Å². The van der Waals surface area contributed by atoms with Gasteiger partial charge in [0.05, 0.1) is 17.0 Å². The number of imide groups is 1. The number of fused-ring (bicyclic) bond motifs is 1. The van der Waals surface area contributed by atoms with Gasteiger partial charge in [-0.15, -0.1) is 0 Å². The number of aryl methyl sites for hydroxylation is 1. The van der Waals surface area contributed by atoms with Crippen molar-refractivity contribution in [1.82, 2.24) is 5.01 Å². The molecule has 6 heteroatoms. The highest BCUT2D eigenvalue weighted by Crippen LogP contribution is 2.58. The molecule has 0 bridgehead atoms. The number of hydrogen-bond donors (Lipinski definition) is 2. The lowest BCUT2D eigenvalue weighted by Crippen LogP contribution is -2.48. The van der Waals surface area contributed by atoms with E-state index in [4.69, 9.17) is 0 Å². The van der Waals surface area contributed by atoms with E-state index in [1.807, 2.05) is 73.7 Å². The molecule has 0 spiro atoms. The second-order valence-corrected chi connectivity index (χ2v) is 9.94. The number of nitrogens with one attached hydrogen (secondary N) is 1. The fourth-order valence-corrected chi connectivity index (χ4v) is 5.86. The fraction of sp³-hybridized carbons (Fsp3) is 0.172. The summed E-state index contributed by atoms with van der Waals surface area (Å²) in [6, 6.07) is 22.1. The first kappa shape index (κ1) is 23.1. The highest BCUT2D eigenvalue weighted by atomic mass is 79.9. The molecule has 3 aromatic rings. The van der Waals surface area contributed by atoms with Crippen molar-refractivity contribution in [2.24, 2.45) is 5.92 Å². The summed E-state index contributed by atoms with van der Waals surface area (Å²) < 4.78 is 0.769. The van der Waals surface area contributed by atoms with Crippen LogP contribution < -0.4 is 5.43 Å². The lowest BCUT2D eigenvalue weighted by molar-refractivity contribution is -0.138. The highest BCUT2D eigenvalue weighted by molar-refractivity contribution is 9.10. The molecule has 3 atom stereocenters. The van der Waals surface area contributed by atoms with Gasteiger partial charge in [-0.3, -0.25) is 15.0 Å². The Hall–Kier alpha value is -3.64. The Balaban J connectivity index is 1.74. The number of phenolic OH excluding ortho intramolecular Hbond substituents is 1. The summed E-state index contributed by atoms with van der Waals surface area (Å²) in [7, 11) is 0. The maximum atomic E-state index is 14.5. The number of nitrogens with zero attached hydrogens (tertiary/aromatic N) is 1. The average molecular weight is 529 g/mol. The van der Waals surface area contributed by atoms with E-state index in [1.54, 1.807) is 18.2 Å². The molecule has 2 amide bonds. The van der Waals surface area contributed by atoms with Crippen LogP contribution in [-0.4, -0.2) is 21.9 Å². The van der Waals surface area contributed by atoms with Gasteiger partial charge in [0.15, 0.2) is 0 Å². The summed E-state index contributed by atoms with van der Waals surface area (Å²) in [5, 5.41) is 12.1. The molecule has 1 fully saturated rings. The maximum absolute atomic E-state index is 14.5. The molecular weight excluding hydrogens is 504 g/mol. The minimum atomic E-state index is -1.26. The van der Waals surface area contributed by atoms with Crippen LogP contribution in [0, 0.1) is 12.8 Å². The van der Waals surface area contributed by atoms with Crippen molar-refractivity contribution in [1.29, 1.82) is 0 Å². The van der Waals surface area contributed by atoms with Crippen molar-refractivity contribution in [2.45, 2.75) is 24.7 Å². The van der Waals surface area contributed by atoms with E-state index in [0.29, 0.717) is 17.7 Å². The van der Waals surface area contributed by atoms with Gasteiger partial charge < -0.3 is 5.11 Å². The van der Waals surface area contributed by atoms with E-state index in [0.717, 1.165) is 26.2 Å². The maximum Gasteiger partial charge on any atom is 0.260 e. The molecule has 1 aliphatic carbocycles. The predicted octanol–water partition coefficient (Wildman–Crippen LogP) is 6.01. The van der Waals surface area contributed by atoms with Crippen LogP contribution >= 0.6 is 15.9 Å². The van der Waals surface area contributed by atoms with E-state index >= 15 is 0 Å². The van der Waals surface area contributed by atoms with Crippen LogP contribution in [0.3, 0.4) is 0 Å². The van der Waals surface area contributed by atoms with Crippen LogP contribution in [0.4, 0.5) is 5.69 Å². The first-order chi connectivity index (χ1) is 16.9. The Bertz CT molecular complexity index is 1350. The number of aromatic hydroxyl groups is 1. The molecule has 3 aromatic carbocycles. The quantitative estimate of drug-likeness (QED) is 0.397. The molecule has 2 aliphatic rings. The molecule has 35 heavy (non-hydrogen) atoms. The lowest BCUT2D eigenvalue weighted by atomic mass is 9.56. The zero-order valence-electron chi connectivity index (χ0n) is 19.2. The summed E-state index contributed by atoms with van der Waals surface area (Å²) in [5.74, 6) is -1.84. The van der Waals surface area contributed by atoms with Gasteiger partial charge in [-0.25, -0.2) is 0 Å². The molecule has 1 saturated heterocycles. The lowest BCUT2D eigenvalue weighted by Gasteiger charge is -2.43. The fourth-order valence-electron chi connectivity index (χ4n) is 5.48. The monoisotopic (exact) mass is 528 g/mol. The Morgan fingerprint density at radius 3 is 2.49 bits per heavy atom. The molecule has 0 radical (unpaired) electrons. The van der Waals surface area contributed by atoms with Gasteiger partial charge in [-0.05, 0) is 54.8 Å². The summed E-state index contributed by atoms with van der Waals surface area (Å²) in [4.78, 5) is 28.3. The van der Waals surface area contributed by atoms with E-state index < -0.39 is 17.3 Å². The number of benzene rings is 3. The smallest absolute Gasteiger partial charge is 0.260 e. The molecular formula is C29H25BrN2O3. The van der Waals surface area contributed by atoms with Crippen LogP contribution in [-0.2, 0) is 15.0 Å². The normalized spacial score (nSPS) is 23.6. The van der Waals surface area contributed by atoms with Crippen LogP contribution in [0.15, 0.2) is 102 Å². The number of anilines is 1. The third-order valence-electron chi connectivity index (χ3n) is 7.08. The standard InChI is InChI=1S/C29H25BrN2O3/c1-3-19-11-15-24-27(34)32(31-22-13-9-18(2)10-14-22)28(35)29(24,20-7-5-4-6-8-20)26(19)23-17-21(30)12-16-25(23)33/h3-14,16-17,24,26,31,33H,1,15H2,2H3/t24-,26+,29+/m0/s1. The largest absolute Gasteiger partial charge is 0.508 e. The molecule has 5 rings (SSSR count). The van der Waals surface area contributed by atoms with E-state index in [9.17, 15) is 14.7 Å². The third kappa shape index (κ3) is 3.60. The molecule has 1 heterocycles. The number of carbonyl (C=O) groups excluding carboxylic acids is 2. The van der Waals surface area contributed by atoms with Gasteiger partial charge in [0.1, 0.15) is 5.75 Å². The Labute approximate surface area is 212 Å². The van der Waals surface area contributed by atoms with Crippen molar-refractivity contribution in [3.05, 3.63) is 118 Å². The second-order valence-electron chi connectivity index (χ2n) is 9.02. The van der Waals surface area contributed by atoms with Crippen LogP contribution in [0.5, 0.6) is 5.75 Å². The SMILES string of the molecule is C=CC1=CC[C@H]2C(=O)N(Nc3ccc(C)cc3)C(=O)[C@@]2(c2ccccc2)[C@H]1c1cc(Br)ccc1O. The minimum absolute atomic E-state index is 0.0621. The minimum Gasteiger partial charge on any atom is -0.508 e. The Morgan fingerprint density at radius 2 is 1.80 bits per heavy atom. The number of hydrazine groups is 1. The molecule has 5 nitrogen and oxygen atoms in total.